The van der Waals surface area contributed by atoms with Crippen molar-refractivity contribution in [3.05, 3.63) is 23.5 Å². The Balaban J connectivity index is 2.52. The van der Waals surface area contributed by atoms with Crippen molar-refractivity contribution in [1.29, 1.82) is 0 Å². The van der Waals surface area contributed by atoms with E-state index in [4.69, 9.17) is 5.73 Å². The van der Waals surface area contributed by atoms with Crippen LogP contribution in [0, 0.1) is 6.92 Å². The van der Waals surface area contributed by atoms with Crippen LogP contribution in [0.1, 0.15) is 42.2 Å². The molecule has 0 aliphatic carbocycles. The number of unbranched alkanes of at least 4 members (excludes halogenated alkanes) is 1. The molecule has 0 aromatic carbocycles. The first kappa shape index (κ1) is 15.9. The number of primary amides is 1. The second kappa shape index (κ2) is 8.14. The van der Waals surface area contributed by atoms with E-state index in [9.17, 15) is 9.59 Å². The predicted octanol–water partition coefficient (Wildman–Crippen LogP) is 1.21. The lowest BCUT2D eigenvalue weighted by molar-refractivity contribution is -0.118. The van der Waals surface area contributed by atoms with E-state index in [1.165, 1.54) is 0 Å². The molecular weight excluding hydrogens is 256 g/mol. The van der Waals surface area contributed by atoms with Gasteiger partial charge in [-0.05, 0) is 32.8 Å². The van der Waals surface area contributed by atoms with Crippen LogP contribution in [0.3, 0.4) is 0 Å². The van der Waals surface area contributed by atoms with Gasteiger partial charge in [0.1, 0.15) is 0 Å². The third kappa shape index (κ3) is 5.26. The maximum Gasteiger partial charge on any atom is 0.254 e. The number of rotatable bonds is 8. The molecule has 0 radical (unpaired) electrons. The van der Waals surface area contributed by atoms with Gasteiger partial charge in [-0.15, -0.1) is 0 Å². The minimum Gasteiger partial charge on any atom is -0.385 e. The van der Waals surface area contributed by atoms with Crippen LogP contribution in [0.2, 0.25) is 0 Å². The van der Waals surface area contributed by atoms with Crippen molar-refractivity contribution in [3.63, 3.8) is 0 Å². The topological polar surface area (TPSA) is 97.1 Å². The van der Waals surface area contributed by atoms with E-state index in [1.54, 1.807) is 6.20 Å². The van der Waals surface area contributed by atoms with Gasteiger partial charge >= 0.3 is 0 Å². The maximum absolute atomic E-state index is 12.1. The molecule has 0 atom stereocenters. The zero-order chi connectivity index (χ0) is 15.0. The first-order valence-corrected chi connectivity index (χ1v) is 6.81. The van der Waals surface area contributed by atoms with Crippen LogP contribution in [-0.4, -0.2) is 29.9 Å². The van der Waals surface area contributed by atoms with E-state index in [0.29, 0.717) is 24.9 Å². The fourth-order valence-electron chi connectivity index (χ4n) is 1.80. The minimum absolute atomic E-state index is 0.160. The number of nitrogens with zero attached hydrogens (tertiary/aromatic N) is 1. The van der Waals surface area contributed by atoms with Gasteiger partial charge in [-0.1, -0.05) is 0 Å². The van der Waals surface area contributed by atoms with Crippen molar-refractivity contribution in [2.45, 2.75) is 33.1 Å². The number of amides is 2. The highest BCUT2D eigenvalue weighted by Gasteiger charge is 2.11. The zero-order valence-corrected chi connectivity index (χ0v) is 12.0. The molecule has 0 bridgehead atoms. The first-order chi connectivity index (χ1) is 9.54. The van der Waals surface area contributed by atoms with Crippen LogP contribution in [-0.2, 0) is 4.79 Å². The number of nitrogens with two attached hydrogens (primary N) is 1. The minimum atomic E-state index is -0.312. The number of nitrogens with one attached hydrogen (secondary N) is 2. The summed E-state index contributed by atoms with van der Waals surface area (Å²) < 4.78 is 0. The lowest BCUT2D eigenvalue weighted by atomic mass is 10.2. The fourth-order valence-corrected chi connectivity index (χ4v) is 1.80. The molecule has 0 spiro atoms. The predicted molar refractivity (Wildman–Crippen MR) is 78.5 cm³/mol. The summed E-state index contributed by atoms with van der Waals surface area (Å²) in [6.07, 6.45) is 3.34. The molecular formula is C14H22N4O2. The van der Waals surface area contributed by atoms with E-state index < -0.39 is 0 Å². The molecule has 6 heteroatoms. The van der Waals surface area contributed by atoms with Crippen LogP contribution in [0.5, 0.6) is 0 Å². The highest BCUT2D eigenvalue weighted by atomic mass is 16.2. The van der Waals surface area contributed by atoms with Gasteiger partial charge in [-0.3, -0.25) is 14.6 Å². The average Bonchev–Trinajstić information content (AvgIpc) is 2.38. The van der Waals surface area contributed by atoms with Crippen molar-refractivity contribution in [2.24, 2.45) is 5.73 Å². The summed E-state index contributed by atoms with van der Waals surface area (Å²) in [4.78, 5) is 26.8. The molecule has 0 aliphatic heterocycles. The number of anilines is 1. The van der Waals surface area contributed by atoms with E-state index in [2.05, 4.69) is 15.6 Å². The smallest absolute Gasteiger partial charge is 0.254 e. The first-order valence-electron chi connectivity index (χ1n) is 6.81. The molecule has 20 heavy (non-hydrogen) atoms. The van der Waals surface area contributed by atoms with Crippen LogP contribution in [0.25, 0.3) is 0 Å². The van der Waals surface area contributed by atoms with E-state index in [-0.39, 0.29) is 11.8 Å². The molecule has 0 unspecified atom stereocenters. The number of carbonyl (C=O) groups is 2. The summed E-state index contributed by atoms with van der Waals surface area (Å²) in [5.41, 5.74) is 7.23. The zero-order valence-electron chi connectivity index (χ0n) is 12.0. The van der Waals surface area contributed by atoms with Crippen LogP contribution >= 0.6 is 0 Å². The molecule has 110 valence electrons. The quantitative estimate of drug-likeness (QED) is 0.622. The maximum atomic E-state index is 12.1. The number of hydrogen-bond acceptors (Lipinski definition) is 4. The standard InChI is InChI=1S/C14H22N4O2/c1-3-16-12-8-10(2)18-9-11(12)14(20)17-7-5-4-6-13(15)19/h8-9H,3-7H2,1-2H3,(H2,15,19)(H,16,18)(H,17,20). The van der Waals surface area contributed by atoms with Crippen molar-refractivity contribution in [3.8, 4) is 0 Å². The average molecular weight is 278 g/mol. The summed E-state index contributed by atoms with van der Waals surface area (Å²) in [6, 6.07) is 1.85. The van der Waals surface area contributed by atoms with Crippen molar-refractivity contribution in [1.82, 2.24) is 10.3 Å². The number of aromatic nitrogens is 1. The lowest BCUT2D eigenvalue weighted by Crippen LogP contribution is -2.26. The van der Waals surface area contributed by atoms with Crippen molar-refractivity contribution in [2.75, 3.05) is 18.4 Å². The summed E-state index contributed by atoms with van der Waals surface area (Å²) in [7, 11) is 0. The van der Waals surface area contributed by atoms with E-state index >= 15 is 0 Å². The fraction of sp³-hybridized carbons (Fsp3) is 0.500. The highest BCUT2D eigenvalue weighted by molar-refractivity contribution is 5.99. The molecule has 2 amide bonds. The molecule has 1 aromatic rings. The van der Waals surface area contributed by atoms with Gasteiger partial charge in [0.25, 0.3) is 5.91 Å². The Morgan fingerprint density at radius 1 is 1.35 bits per heavy atom. The molecule has 0 fully saturated rings. The summed E-state index contributed by atoms with van der Waals surface area (Å²) >= 11 is 0. The molecule has 1 aromatic heterocycles. The number of carbonyl (C=O) groups excluding carboxylic acids is 2. The summed E-state index contributed by atoms with van der Waals surface area (Å²) in [6.45, 7) is 5.11. The van der Waals surface area contributed by atoms with Crippen LogP contribution in [0.15, 0.2) is 12.3 Å². The van der Waals surface area contributed by atoms with Gasteiger partial charge in [0.15, 0.2) is 0 Å². The molecule has 6 nitrogen and oxygen atoms in total. The Hall–Kier alpha value is -2.11. The largest absolute Gasteiger partial charge is 0.385 e. The summed E-state index contributed by atoms with van der Waals surface area (Å²) in [5, 5.41) is 5.97. The van der Waals surface area contributed by atoms with Gasteiger partial charge in [0, 0.05) is 31.4 Å². The van der Waals surface area contributed by atoms with E-state index in [1.807, 2.05) is 19.9 Å². The Bertz CT molecular complexity index is 474. The van der Waals surface area contributed by atoms with Gasteiger partial charge in [0.05, 0.1) is 11.3 Å². The molecule has 0 saturated carbocycles. The Morgan fingerprint density at radius 3 is 2.75 bits per heavy atom. The SMILES string of the molecule is CCNc1cc(C)ncc1C(=O)NCCCCC(N)=O. The normalized spacial score (nSPS) is 10.1. The van der Waals surface area contributed by atoms with Gasteiger partial charge < -0.3 is 16.4 Å². The second-order valence-electron chi connectivity index (χ2n) is 4.58. The van der Waals surface area contributed by atoms with E-state index in [0.717, 1.165) is 24.3 Å². The van der Waals surface area contributed by atoms with Crippen molar-refractivity contribution < 1.29 is 9.59 Å². The van der Waals surface area contributed by atoms with Crippen LogP contribution in [0.4, 0.5) is 5.69 Å². The van der Waals surface area contributed by atoms with Gasteiger partial charge in [0.2, 0.25) is 5.91 Å². The van der Waals surface area contributed by atoms with Gasteiger partial charge in [-0.2, -0.15) is 0 Å². The third-order valence-electron chi connectivity index (χ3n) is 2.79. The van der Waals surface area contributed by atoms with Crippen molar-refractivity contribution >= 4 is 17.5 Å². The number of hydrogen-bond donors (Lipinski definition) is 3. The molecule has 1 rings (SSSR count). The van der Waals surface area contributed by atoms with Crippen LogP contribution < -0.4 is 16.4 Å². The highest BCUT2D eigenvalue weighted by Crippen LogP contribution is 2.15. The monoisotopic (exact) mass is 278 g/mol. The molecule has 1 heterocycles. The second-order valence-corrected chi connectivity index (χ2v) is 4.58. The number of pyridine rings is 1. The molecule has 0 aliphatic rings. The third-order valence-corrected chi connectivity index (χ3v) is 2.79. The Labute approximate surface area is 119 Å². The molecule has 0 saturated heterocycles. The number of aryl methyl sites for hydroxylation is 1. The Morgan fingerprint density at radius 2 is 2.10 bits per heavy atom. The lowest BCUT2D eigenvalue weighted by Gasteiger charge is -2.11. The summed E-state index contributed by atoms with van der Waals surface area (Å²) in [5.74, 6) is -0.471. The Kier molecular flexibility index (Phi) is 6.49. The van der Waals surface area contributed by atoms with Gasteiger partial charge in [-0.25, -0.2) is 0 Å². The molecule has 4 N–H and O–H groups in total.